The fourth-order valence-corrected chi connectivity index (χ4v) is 6.67. The van der Waals surface area contributed by atoms with Gasteiger partial charge < -0.3 is 44.7 Å². The van der Waals surface area contributed by atoms with Crippen molar-refractivity contribution < 1.29 is 38.1 Å². The summed E-state index contributed by atoms with van der Waals surface area (Å²) in [4.78, 5) is 58.0. The molecule has 1 aliphatic heterocycles. The van der Waals surface area contributed by atoms with Gasteiger partial charge in [-0.15, -0.1) is 0 Å². The highest BCUT2D eigenvalue weighted by atomic mass is 16.6. The monoisotopic (exact) mass is 787 g/mol. The predicted octanol–water partition coefficient (Wildman–Crippen LogP) is 6.88. The van der Waals surface area contributed by atoms with E-state index in [1.807, 2.05) is 30.0 Å². The van der Waals surface area contributed by atoms with Crippen LogP contribution in [-0.2, 0) is 9.53 Å². The maximum Gasteiger partial charge on any atom is 0.407 e. The molecule has 1 aliphatic rings. The molecule has 1 saturated heterocycles. The van der Waals surface area contributed by atoms with Gasteiger partial charge in [0.15, 0.2) is 11.5 Å². The van der Waals surface area contributed by atoms with Crippen LogP contribution in [0, 0.1) is 6.92 Å². The molecule has 0 atom stereocenters. The number of alkyl carbamates (subject to hydrolysis) is 1. The van der Waals surface area contributed by atoms with Gasteiger partial charge in [-0.05, 0) is 122 Å². The molecule has 0 aliphatic carbocycles. The van der Waals surface area contributed by atoms with E-state index in [1.165, 1.54) is 24.1 Å². The summed E-state index contributed by atoms with van der Waals surface area (Å²) < 4.78 is 22.9. The molecule has 3 aromatic carbocycles. The van der Waals surface area contributed by atoms with E-state index < -0.39 is 17.6 Å². The van der Waals surface area contributed by atoms with Crippen molar-refractivity contribution in [3.8, 4) is 17.2 Å². The van der Waals surface area contributed by atoms with Gasteiger partial charge in [0.25, 0.3) is 5.91 Å². The molecule has 1 heterocycles. The molecular weight excluding hydrogens is 727 g/mol. The zero-order valence-corrected chi connectivity index (χ0v) is 34.9. The number of likely N-dealkylation sites (tertiary alicyclic amines) is 1. The summed E-state index contributed by atoms with van der Waals surface area (Å²) in [5.74, 6) is 0.603. The number of hydrogen-bond donors (Lipinski definition) is 2. The van der Waals surface area contributed by atoms with Gasteiger partial charge in [-0.1, -0.05) is 18.2 Å². The third-order valence-corrected chi connectivity index (χ3v) is 9.85. The number of anilines is 2. The number of hydrogen-bond acceptors (Lipinski definition) is 10. The molecule has 57 heavy (non-hydrogen) atoms. The average Bonchev–Trinajstić information content (AvgIpc) is 3.17. The Bertz CT molecular complexity index is 1850. The molecule has 310 valence electrons. The van der Waals surface area contributed by atoms with Gasteiger partial charge in [-0.2, -0.15) is 0 Å². The molecule has 3 aromatic rings. The van der Waals surface area contributed by atoms with Crippen LogP contribution in [0.4, 0.5) is 16.2 Å². The summed E-state index contributed by atoms with van der Waals surface area (Å²) in [6, 6.07) is 16.0. The van der Waals surface area contributed by atoms with E-state index in [4.69, 9.17) is 24.7 Å². The standard InChI is InChI=1S/C44H61N5O8/c1-30-17-20-36(37(28-30)56-26-11-9-10-16-38(50)49-24-21-32(22-25-49)47(5)6)48(7)42(52)34-18-19-35(41(54-8)39(34)45)40(51)31-14-12-15-33(29-31)55-27-13-23-46-43(53)57-44(2,3)4/h12,14-15,17-20,28-29,32H,9-11,13,16,21-27,45H2,1-8H3,(H,46,53). The van der Waals surface area contributed by atoms with E-state index >= 15 is 0 Å². The molecule has 3 amide bonds. The second-order valence-corrected chi connectivity index (χ2v) is 15.7. The number of nitrogens with one attached hydrogen (secondary N) is 1. The second-order valence-electron chi connectivity index (χ2n) is 15.7. The van der Waals surface area contributed by atoms with Crippen molar-refractivity contribution in [3.05, 3.63) is 76.9 Å². The maximum absolute atomic E-state index is 13.9. The lowest BCUT2D eigenvalue weighted by atomic mass is 9.98. The number of rotatable bonds is 18. The van der Waals surface area contributed by atoms with E-state index in [2.05, 4.69) is 24.3 Å². The largest absolute Gasteiger partial charge is 0.494 e. The van der Waals surface area contributed by atoms with Crippen LogP contribution in [-0.4, -0.2) is 106 Å². The smallest absolute Gasteiger partial charge is 0.407 e. The van der Waals surface area contributed by atoms with Crippen LogP contribution >= 0.6 is 0 Å². The number of nitrogen functional groups attached to an aromatic ring is 1. The Kier molecular flexibility index (Phi) is 16.2. The van der Waals surface area contributed by atoms with E-state index in [0.29, 0.717) is 61.4 Å². The first kappa shape index (κ1) is 44.4. The number of benzene rings is 3. The van der Waals surface area contributed by atoms with Crippen molar-refractivity contribution in [2.24, 2.45) is 0 Å². The van der Waals surface area contributed by atoms with E-state index in [-0.39, 0.29) is 34.3 Å². The lowest BCUT2D eigenvalue weighted by molar-refractivity contribution is -0.132. The minimum absolute atomic E-state index is 0.0382. The Morgan fingerprint density at radius 1 is 0.877 bits per heavy atom. The molecule has 13 nitrogen and oxygen atoms in total. The van der Waals surface area contributed by atoms with Crippen molar-refractivity contribution in [1.29, 1.82) is 0 Å². The highest BCUT2D eigenvalue weighted by Gasteiger charge is 2.26. The molecule has 4 rings (SSSR count). The molecule has 13 heteroatoms. The van der Waals surface area contributed by atoms with Crippen LogP contribution in [0.5, 0.6) is 17.2 Å². The van der Waals surface area contributed by atoms with E-state index in [1.54, 1.807) is 52.1 Å². The number of ether oxygens (including phenoxy) is 4. The number of aryl methyl sites for hydroxylation is 1. The first-order valence-electron chi connectivity index (χ1n) is 19.8. The van der Waals surface area contributed by atoms with Gasteiger partial charge in [0.05, 0.1) is 42.8 Å². The summed E-state index contributed by atoms with van der Waals surface area (Å²) in [7, 11) is 7.24. The molecule has 0 aromatic heterocycles. The zero-order chi connectivity index (χ0) is 41.7. The van der Waals surface area contributed by atoms with Crippen molar-refractivity contribution in [3.63, 3.8) is 0 Å². The number of piperidine rings is 1. The first-order chi connectivity index (χ1) is 27.1. The SMILES string of the molecule is COc1c(C(=O)c2cccc(OCCCNC(=O)OC(C)(C)C)c2)ccc(C(=O)N(C)c2ccc(C)cc2OCCCCCC(=O)N2CCC(N(C)C)CC2)c1N. The molecule has 0 spiro atoms. The topological polar surface area (TPSA) is 153 Å². The number of unbranched alkanes of at least 4 members (excludes halogenated alkanes) is 2. The third kappa shape index (κ3) is 12.9. The van der Waals surface area contributed by atoms with Crippen molar-refractivity contribution >= 4 is 35.1 Å². The number of nitrogens with two attached hydrogens (primary N) is 1. The molecular formula is C44H61N5O8. The summed E-state index contributed by atoms with van der Waals surface area (Å²) in [5.41, 5.74) is 8.26. The molecule has 1 fully saturated rings. The lowest BCUT2D eigenvalue weighted by Gasteiger charge is -2.35. The second kappa shape index (κ2) is 20.7. The Labute approximate surface area is 337 Å². The third-order valence-electron chi connectivity index (χ3n) is 9.85. The van der Waals surface area contributed by atoms with Gasteiger partial charge in [0.1, 0.15) is 17.1 Å². The minimum Gasteiger partial charge on any atom is -0.494 e. The van der Waals surface area contributed by atoms with Crippen LogP contribution in [0.3, 0.4) is 0 Å². The summed E-state index contributed by atoms with van der Waals surface area (Å²) >= 11 is 0. The number of nitrogens with zero attached hydrogens (tertiary/aromatic N) is 3. The van der Waals surface area contributed by atoms with Crippen molar-refractivity contribution in [2.75, 3.05) is 71.7 Å². The van der Waals surface area contributed by atoms with Gasteiger partial charge in [-0.25, -0.2) is 4.79 Å². The Morgan fingerprint density at radius 2 is 1.58 bits per heavy atom. The normalized spacial score (nSPS) is 13.2. The van der Waals surface area contributed by atoms with E-state index in [0.717, 1.165) is 50.8 Å². The first-order valence-corrected chi connectivity index (χ1v) is 19.8. The molecule has 0 saturated carbocycles. The summed E-state index contributed by atoms with van der Waals surface area (Å²) in [6.45, 7) is 10.1. The number of carbonyl (C=O) groups is 4. The van der Waals surface area contributed by atoms with Gasteiger partial charge in [0.2, 0.25) is 5.91 Å². The van der Waals surface area contributed by atoms with Crippen LogP contribution in [0.15, 0.2) is 54.6 Å². The number of methoxy groups -OCH3 is 1. The van der Waals surface area contributed by atoms with Crippen LogP contribution in [0.1, 0.15) is 97.6 Å². The quantitative estimate of drug-likeness (QED) is 0.0793. The van der Waals surface area contributed by atoms with Gasteiger partial charge >= 0.3 is 6.09 Å². The minimum atomic E-state index is -0.580. The number of amides is 3. The Morgan fingerprint density at radius 3 is 2.26 bits per heavy atom. The zero-order valence-electron chi connectivity index (χ0n) is 34.9. The summed E-state index contributed by atoms with van der Waals surface area (Å²) in [5, 5.41) is 2.69. The van der Waals surface area contributed by atoms with Crippen molar-refractivity contribution in [1.82, 2.24) is 15.1 Å². The molecule has 3 N–H and O–H groups in total. The maximum atomic E-state index is 13.9. The fraction of sp³-hybridized carbons (Fsp3) is 0.500. The molecule has 0 unspecified atom stereocenters. The predicted molar refractivity (Wildman–Crippen MR) is 223 cm³/mol. The van der Waals surface area contributed by atoms with Crippen LogP contribution < -0.4 is 30.2 Å². The molecule has 0 radical (unpaired) electrons. The lowest BCUT2D eigenvalue weighted by Crippen LogP contribution is -2.44. The Balaban J connectivity index is 1.33. The molecule has 0 bridgehead atoms. The fourth-order valence-electron chi connectivity index (χ4n) is 6.67. The number of carbonyl (C=O) groups excluding carboxylic acids is 4. The van der Waals surface area contributed by atoms with Gasteiger partial charge in [0, 0.05) is 44.7 Å². The van der Waals surface area contributed by atoms with Crippen LogP contribution in [0.25, 0.3) is 0 Å². The highest BCUT2D eigenvalue weighted by molar-refractivity contribution is 6.15. The van der Waals surface area contributed by atoms with Crippen molar-refractivity contribution in [2.45, 2.75) is 84.3 Å². The highest BCUT2D eigenvalue weighted by Crippen LogP contribution is 2.35. The summed E-state index contributed by atoms with van der Waals surface area (Å²) in [6.07, 6.45) is 5.01. The van der Waals surface area contributed by atoms with E-state index in [9.17, 15) is 19.2 Å². The average molecular weight is 788 g/mol. The van der Waals surface area contributed by atoms with Crippen LogP contribution in [0.2, 0.25) is 0 Å². The Hall–Kier alpha value is -5.30. The van der Waals surface area contributed by atoms with Gasteiger partial charge in [-0.3, -0.25) is 14.4 Å². The number of ketones is 1.